The second-order valence-electron chi connectivity index (χ2n) is 4.66. The van der Waals surface area contributed by atoms with Crippen LogP contribution in [-0.4, -0.2) is 18.0 Å². The quantitative estimate of drug-likeness (QED) is 0.755. The molecule has 0 aliphatic carbocycles. The molecule has 1 aromatic rings. The maximum atomic E-state index is 12.8. The Hall–Kier alpha value is -1.40. The summed E-state index contributed by atoms with van der Waals surface area (Å²) < 4.78 is 12.8. The Morgan fingerprint density at radius 2 is 1.94 bits per heavy atom. The molecule has 0 aromatic heterocycles. The lowest BCUT2D eigenvalue weighted by Gasteiger charge is -2.23. The number of nitriles is 1. The van der Waals surface area contributed by atoms with Gasteiger partial charge in [-0.15, -0.1) is 0 Å². The molecule has 17 heavy (non-hydrogen) atoms. The summed E-state index contributed by atoms with van der Waals surface area (Å²) in [6, 6.07) is 8.72. The predicted molar refractivity (Wildman–Crippen MR) is 66.7 cm³/mol. The van der Waals surface area contributed by atoms with Gasteiger partial charge < -0.3 is 0 Å². The fraction of sp³-hybridized carbons (Fsp3) is 0.500. The molecule has 2 nitrogen and oxygen atoms in total. The lowest BCUT2D eigenvalue weighted by molar-refractivity contribution is 0.241. The monoisotopic (exact) mass is 234 g/mol. The van der Waals surface area contributed by atoms with Crippen LogP contribution in [0.3, 0.4) is 0 Å². The van der Waals surface area contributed by atoms with Gasteiger partial charge in [0.15, 0.2) is 0 Å². The minimum Gasteiger partial charge on any atom is -0.298 e. The molecule has 0 aliphatic heterocycles. The molecule has 0 heterocycles. The minimum atomic E-state index is -0.207. The van der Waals surface area contributed by atoms with Crippen LogP contribution >= 0.6 is 0 Å². The van der Waals surface area contributed by atoms with Gasteiger partial charge in [0, 0.05) is 26.1 Å². The molecule has 0 N–H and O–H groups in total. The number of benzene rings is 1. The zero-order valence-corrected chi connectivity index (χ0v) is 10.5. The van der Waals surface area contributed by atoms with E-state index in [0.717, 1.165) is 25.2 Å². The van der Waals surface area contributed by atoms with Crippen molar-refractivity contribution in [2.24, 2.45) is 5.92 Å². The standard InChI is InChI=1S/C14H19FN2/c1-12(2)10-17(9-3-8-16)11-13-4-6-14(15)7-5-13/h4-7,12H,3,9-11H2,1-2H3. The summed E-state index contributed by atoms with van der Waals surface area (Å²) in [5.74, 6) is 0.357. The van der Waals surface area contributed by atoms with E-state index in [-0.39, 0.29) is 5.82 Å². The molecule has 1 rings (SSSR count). The van der Waals surface area contributed by atoms with Gasteiger partial charge in [0.05, 0.1) is 6.07 Å². The zero-order valence-electron chi connectivity index (χ0n) is 10.5. The van der Waals surface area contributed by atoms with Crippen molar-refractivity contribution in [3.05, 3.63) is 35.6 Å². The zero-order chi connectivity index (χ0) is 12.7. The Morgan fingerprint density at radius 1 is 1.29 bits per heavy atom. The highest BCUT2D eigenvalue weighted by molar-refractivity contribution is 5.15. The first-order valence-electron chi connectivity index (χ1n) is 5.95. The van der Waals surface area contributed by atoms with E-state index in [1.807, 2.05) is 0 Å². The van der Waals surface area contributed by atoms with Gasteiger partial charge in [-0.05, 0) is 23.6 Å². The predicted octanol–water partition coefficient (Wildman–Crippen LogP) is 3.20. The van der Waals surface area contributed by atoms with Crippen LogP contribution in [0.5, 0.6) is 0 Å². The molecule has 0 amide bonds. The smallest absolute Gasteiger partial charge is 0.123 e. The fourth-order valence-corrected chi connectivity index (χ4v) is 1.81. The second kappa shape index (κ2) is 7.03. The van der Waals surface area contributed by atoms with Gasteiger partial charge in [0.25, 0.3) is 0 Å². The van der Waals surface area contributed by atoms with Crippen LogP contribution in [0.25, 0.3) is 0 Å². The van der Waals surface area contributed by atoms with Crippen LogP contribution in [0.15, 0.2) is 24.3 Å². The van der Waals surface area contributed by atoms with Gasteiger partial charge in [0.2, 0.25) is 0 Å². The average molecular weight is 234 g/mol. The molecule has 0 atom stereocenters. The van der Waals surface area contributed by atoms with E-state index in [9.17, 15) is 4.39 Å². The third kappa shape index (κ3) is 5.46. The Kier molecular flexibility index (Phi) is 5.65. The van der Waals surface area contributed by atoms with Gasteiger partial charge in [-0.2, -0.15) is 5.26 Å². The van der Waals surface area contributed by atoms with Crippen molar-refractivity contribution in [3.8, 4) is 6.07 Å². The lowest BCUT2D eigenvalue weighted by Crippen LogP contribution is -2.28. The van der Waals surface area contributed by atoms with Crippen LogP contribution in [0, 0.1) is 23.1 Å². The van der Waals surface area contributed by atoms with Crippen LogP contribution < -0.4 is 0 Å². The van der Waals surface area contributed by atoms with Crippen molar-refractivity contribution in [2.75, 3.05) is 13.1 Å². The summed E-state index contributed by atoms with van der Waals surface area (Å²) in [4.78, 5) is 2.24. The number of nitrogens with zero attached hydrogens (tertiary/aromatic N) is 2. The number of hydrogen-bond acceptors (Lipinski definition) is 2. The van der Waals surface area contributed by atoms with Gasteiger partial charge in [-0.25, -0.2) is 4.39 Å². The van der Waals surface area contributed by atoms with Crippen LogP contribution in [-0.2, 0) is 6.54 Å². The van der Waals surface area contributed by atoms with Crippen molar-refractivity contribution in [3.63, 3.8) is 0 Å². The van der Waals surface area contributed by atoms with Crippen LogP contribution in [0.2, 0.25) is 0 Å². The van der Waals surface area contributed by atoms with E-state index >= 15 is 0 Å². The van der Waals surface area contributed by atoms with Crippen molar-refractivity contribution >= 4 is 0 Å². The van der Waals surface area contributed by atoms with Gasteiger partial charge in [-0.1, -0.05) is 26.0 Å². The molecule has 0 bridgehead atoms. The van der Waals surface area contributed by atoms with Crippen LogP contribution in [0.1, 0.15) is 25.8 Å². The average Bonchev–Trinajstić information content (AvgIpc) is 2.28. The Morgan fingerprint density at radius 3 is 2.47 bits per heavy atom. The molecule has 0 saturated carbocycles. The lowest BCUT2D eigenvalue weighted by atomic mass is 10.1. The van der Waals surface area contributed by atoms with Gasteiger partial charge in [-0.3, -0.25) is 4.90 Å². The summed E-state index contributed by atoms with van der Waals surface area (Å²) in [5, 5.41) is 8.63. The molecule has 3 heteroatoms. The minimum absolute atomic E-state index is 0.207. The first-order valence-corrected chi connectivity index (χ1v) is 5.95. The maximum absolute atomic E-state index is 12.8. The summed E-state index contributed by atoms with van der Waals surface area (Å²) in [6.07, 6.45) is 0.536. The number of hydrogen-bond donors (Lipinski definition) is 0. The van der Waals surface area contributed by atoms with E-state index < -0.39 is 0 Å². The summed E-state index contributed by atoms with van der Waals surface area (Å²) >= 11 is 0. The molecule has 0 aliphatic rings. The molecule has 0 fully saturated rings. The van der Waals surface area contributed by atoms with Gasteiger partial charge in [0.1, 0.15) is 5.82 Å². The first-order chi connectivity index (χ1) is 8.11. The fourth-order valence-electron chi connectivity index (χ4n) is 1.81. The Balaban J connectivity index is 2.58. The highest BCUT2D eigenvalue weighted by Crippen LogP contribution is 2.09. The first kappa shape index (κ1) is 13.7. The molecule has 0 unspecified atom stereocenters. The highest BCUT2D eigenvalue weighted by Gasteiger charge is 2.07. The molecule has 92 valence electrons. The summed E-state index contributed by atoms with van der Waals surface area (Å²) in [6.45, 7) is 6.82. The molecular weight excluding hydrogens is 215 g/mol. The normalized spacial score (nSPS) is 10.8. The van der Waals surface area contributed by atoms with Crippen molar-refractivity contribution in [2.45, 2.75) is 26.8 Å². The molecule has 1 aromatic carbocycles. The Labute approximate surface area is 103 Å². The van der Waals surface area contributed by atoms with Gasteiger partial charge >= 0.3 is 0 Å². The molecule has 0 spiro atoms. The third-order valence-corrected chi connectivity index (χ3v) is 2.48. The maximum Gasteiger partial charge on any atom is 0.123 e. The second-order valence-corrected chi connectivity index (χ2v) is 4.66. The summed E-state index contributed by atoms with van der Waals surface area (Å²) in [5.41, 5.74) is 1.09. The van der Waals surface area contributed by atoms with E-state index in [2.05, 4.69) is 24.8 Å². The van der Waals surface area contributed by atoms with Crippen molar-refractivity contribution in [1.29, 1.82) is 5.26 Å². The highest BCUT2D eigenvalue weighted by atomic mass is 19.1. The van der Waals surface area contributed by atoms with E-state index in [4.69, 9.17) is 5.26 Å². The summed E-state index contributed by atoms with van der Waals surface area (Å²) in [7, 11) is 0. The van der Waals surface area contributed by atoms with Crippen molar-refractivity contribution < 1.29 is 4.39 Å². The van der Waals surface area contributed by atoms with E-state index in [1.165, 1.54) is 12.1 Å². The SMILES string of the molecule is CC(C)CN(CCC#N)Cc1ccc(F)cc1. The van der Waals surface area contributed by atoms with Crippen LogP contribution in [0.4, 0.5) is 4.39 Å². The van der Waals surface area contributed by atoms with E-state index in [0.29, 0.717) is 12.3 Å². The number of halogens is 1. The van der Waals surface area contributed by atoms with Crippen molar-refractivity contribution in [1.82, 2.24) is 4.90 Å². The Bertz CT molecular complexity index is 365. The number of rotatable bonds is 6. The molecule has 0 saturated heterocycles. The van der Waals surface area contributed by atoms with E-state index in [1.54, 1.807) is 12.1 Å². The third-order valence-electron chi connectivity index (χ3n) is 2.48. The molecule has 0 radical (unpaired) electrons. The largest absolute Gasteiger partial charge is 0.298 e. The molecular formula is C14H19FN2. The topological polar surface area (TPSA) is 27.0 Å².